The molecule has 0 fully saturated rings. The Morgan fingerprint density at radius 3 is 2.65 bits per heavy atom. The summed E-state index contributed by atoms with van der Waals surface area (Å²) in [5.74, 6) is 1.29. The predicted molar refractivity (Wildman–Crippen MR) is 81.9 cm³/mol. The van der Waals surface area contributed by atoms with E-state index in [0.29, 0.717) is 28.2 Å². The van der Waals surface area contributed by atoms with Gasteiger partial charge in [0.25, 0.3) is 0 Å². The summed E-state index contributed by atoms with van der Waals surface area (Å²) in [6, 6.07) is 12.4. The van der Waals surface area contributed by atoms with Crippen molar-refractivity contribution in [3.8, 4) is 11.5 Å². The summed E-state index contributed by atoms with van der Waals surface area (Å²) in [5.41, 5.74) is 6.99. The molecule has 2 aromatic rings. The van der Waals surface area contributed by atoms with Gasteiger partial charge in [0.05, 0.1) is 18.2 Å². The van der Waals surface area contributed by atoms with E-state index in [-0.39, 0.29) is 6.04 Å². The number of nitrogens with two attached hydrogens (primary N) is 1. The van der Waals surface area contributed by atoms with Crippen molar-refractivity contribution < 1.29 is 9.47 Å². The van der Waals surface area contributed by atoms with Gasteiger partial charge in [-0.15, -0.1) is 0 Å². The van der Waals surface area contributed by atoms with E-state index in [4.69, 9.17) is 38.4 Å². The van der Waals surface area contributed by atoms with E-state index < -0.39 is 0 Å². The fourth-order valence-electron chi connectivity index (χ4n) is 1.75. The Bertz CT molecular complexity index is 590. The van der Waals surface area contributed by atoms with Gasteiger partial charge in [0.1, 0.15) is 18.1 Å². The zero-order valence-corrected chi connectivity index (χ0v) is 12.5. The Kier molecular flexibility index (Phi) is 5.12. The fraction of sp³-hybridized carbons (Fsp3) is 0.200. The molecule has 0 aliphatic rings. The lowest BCUT2D eigenvalue weighted by Crippen LogP contribution is -2.19. The summed E-state index contributed by atoms with van der Waals surface area (Å²) < 4.78 is 10.8. The molecular formula is C15H15Cl2NO2. The summed E-state index contributed by atoms with van der Waals surface area (Å²) in [4.78, 5) is 0. The van der Waals surface area contributed by atoms with Crippen molar-refractivity contribution in [1.82, 2.24) is 0 Å². The van der Waals surface area contributed by atoms with E-state index in [1.54, 1.807) is 25.3 Å². The van der Waals surface area contributed by atoms with Gasteiger partial charge in [-0.25, -0.2) is 0 Å². The molecule has 0 heterocycles. The van der Waals surface area contributed by atoms with Crippen molar-refractivity contribution in [3.05, 3.63) is 58.1 Å². The van der Waals surface area contributed by atoms with E-state index in [1.807, 2.05) is 24.3 Å². The van der Waals surface area contributed by atoms with Crippen LogP contribution in [0.3, 0.4) is 0 Å². The van der Waals surface area contributed by atoms with Gasteiger partial charge < -0.3 is 15.2 Å². The standard InChI is InChI=1S/C15H15Cl2NO2/c1-19-15-7-10(5-6-13(15)17)14(18)9-20-12-4-2-3-11(16)8-12/h2-8,14H,9,18H2,1H3. The third-order valence-corrected chi connectivity index (χ3v) is 3.38. The Balaban J connectivity index is 2.03. The van der Waals surface area contributed by atoms with Crippen molar-refractivity contribution in [3.63, 3.8) is 0 Å². The number of methoxy groups -OCH3 is 1. The van der Waals surface area contributed by atoms with Gasteiger partial charge in [0.15, 0.2) is 0 Å². The van der Waals surface area contributed by atoms with Gasteiger partial charge in [0.2, 0.25) is 0 Å². The molecule has 0 aromatic heterocycles. The first-order valence-electron chi connectivity index (χ1n) is 6.07. The third-order valence-electron chi connectivity index (χ3n) is 2.83. The molecule has 106 valence electrons. The highest BCUT2D eigenvalue weighted by molar-refractivity contribution is 6.32. The molecule has 1 unspecified atom stereocenters. The summed E-state index contributed by atoms with van der Waals surface area (Å²) >= 11 is 11.9. The average Bonchev–Trinajstić information content (AvgIpc) is 2.45. The van der Waals surface area contributed by atoms with Crippen molar-refractivity contribution in [1.29, 1.82) is 0 Å². The van der Waals surface area contributed by atoms with Crippen molar-refractivity contribution in [2.75, 3.05) is 13.7 Å². The Labute approximate surface area is 128 Å². The molecule has 0 radical (unpaired) electrons. The van der Waals surface area contributed by atoms with Crippen molar-refractivity contribution in [2.24, 2.45) is 5.73 Å². The lowest BCUT2D eigenvalue weighted by Gasteiger charge is -2.15. The Morgan fingerprint density at radius 2 is 1.95 bits per heavy atom. The summed E-state index contributed by atoms with van der Waals surface area (Å²) in [6.45, 7) is 0.338. The molecule has 0 amide bonds. The Morgan fingerprint density at radius 1 is 1.15 bits per heavy atom. The minimum absolute atomic E-state index is 0.278. The summed E-state index contributed by atoms with van der Waals surface area (Å²) in [6.07, 6.45) is 0. The van der Waals surface area contributed by atoms with Crippen LogP contribution >= 0.6 is 23.2 Å². The molecule has 0 bridgehead atoms. The molecule has 0 spiro atoms. The number of hydrogen-bond acceptors (Lipinski definition) is 3. The monoisotopic (exact) mass is 311 g/mol. The normalized spacial score (nSPS) is 12.0. The molecule has 0 saturated carbocycles. The molecule has 0 saturated heterocycles. The van der Waals surface area contributed by atoms with Crippen molar-refractivity contribution >= 4 is 23.2 Å². The number of ether oxygens (including phenoxy) is 2. The molecule has 5 heteroatoms. The van der Waals surface area contributed by atoms with Crippen LogP contribution in [0.4, 0.5) is 0 Å². The molecule has 1 atom stereocenters. The first kappa shape index (κ1) is 15.0. The predicted octanol–water partition coefficient (Wildman–Crippen LogP) is 4.08. The maximum Gasteiger partial charge on any atom is 0.137 e. The second-order valence-electron chi connectivity index (χ2n) is 4.27. The molecule has 20 heavy (non-hydrogen) atoms. The highest BCUT2D eigenvalue weighted by Gasteiger charge is 2.10. The van der Waals surface area contributed by atoms with Crippen LogP contribution < -0.4 is 15.2 Å². The van der Waals surface area contributed by atoms with E-state index in [2.05, 4.69) is 0 Å². The second-order valence-corrected chi connectivity index (χ2v) is 5.11. The minimum Gasteiger partial charge on any atom is -0.495 e. The summed E-state index contributed by atoms with van der Waals surface area (Å²) in [5, 5.41) is 1.18. The quantitative estimate of drug-likeness (QED) is 0.904. The van der Waals surface area contributed by atoms with Gasteiger partial charge in [-0.3, -0.25) is 0 Å². The fourth-order valence-corrected chi connectivity index (χ4v) is 2.12. The molecule has 0 aliphatic carbocycles. The van der Waals surface area contributed by atoms with Gasteiger partial charge in [-0.1, -0.05) is 35.3 Å². The SMILES string of the molecule is COc1cc(C(N)COc2cccc(Cl)c2)ccc1Cl. The molecule has 2 N–H and O–H groups in total. The first-order chi connectivity index (χ1) is 9.60. The zero-order chi connectivity index (χ0) is 14.5. The maximum absolute atomic E-state index is 6.10. The topological polar surface area (TPSA) is 44.5 Å². The van der Waals surface area contributed by atoms with Gasteiger partial charge >= 0.3 is 0 Å². The zero-order valence-electron chi connectivity index (χ0n) is 11.0. The lowest BCUT2D eigenvalue weighted by molar-refractivity contribution is 0.290. The van der Waals surface area contributed by atoms with Crippen LogP contribution in [-0.2, 0) is 0 Å². The van der Waals surface area contributed by atoms with Crippen LogP contribution in [0.1, 0.15) is 11.6 Å². The largest absolute Gasteiger partial charge is 0.495 e. The third kappa shape index (κ3) is 3.79. The van der Waals surface area contributed by atoms with Crippen LogP contribution in [0.15, 0.2) is 42.5 Å². The van der Waals surface area contributed by atoms with Crippen LogP contribution in [-0.4, -0.2) is 13.7 Å². The Hall–Kier alpha value is -1.42. The second kappa shape index (κ2) is 6.84. The van der Waals surface area contributed by atoms with E-state index in [1.165, 1.54) is 0 Å². The van der Waals surface area contributed by atoms with Crippen LogP contribution in [0, 0.1) is 0 Å². The van der Waals surface area contributed by atoms with Gasteiger partial charge in [0, 0.05) is 5.02 Å². The van der Waals surface area contributed by atoms with E-state index in [0.717, 1.165) is 5.56 Å². The number of rotatable bonds is 5. The lowest BCUT2D eigenvalue weighted by atomic mass is 10.1. The molecule has 3 nitrogen and oxygen atoms in total. The average molecular weight is 312 g/mol. The first-order valence-corrected chi connectivity index (χ1v) is 6.83. The van der Waals surface area contributed by atoms with E-state index in [9.17, 15) is 0 Å². The molecule has 0 aliphatic heterocycles. The number of halogens is 2. The molecule has 2 aromatic carbocycles. The van der Waals surface area contributed by atoms with Crippen molar-refractivity contribution in [2.45, 2.75) is 6.04 Å². The van der Waals surface area contributed by atoms with Crippen LogP contribution in [0.2, 0.25) is 10.0 Å². The molecule has 2 rings (SSSR count). The number of hydrogen-bond donors (Lipinski definition) is 1. The smallest absolute Gasteiger partial charge is 0.137 e. The highest BCUT2D eigenvalue weighted by atomic mass is 35.5. The summed E-state index contributed by atoms with van der Waals surface area (Å²) in [7, 11) is 1.57. The maximum atomic E-state index is 6.10. The van der Waals surface area contributed by atoms with E-state index >= 15 is 0 Å². The van der Waals surface area contributed by atoms with Gasteiger partial charge in [-0.05, 0) is 35.9 Å². The van der Waals surface area contributed by atoms with Gasteiger partial charge in [-0.2, -0.15) is 0 Å². The highest BCUT2D eigenvalue weighted by Crippen LogP contribution is 2.27. The number of benzene rings is 2. The minimum atomic E-state index is -0.278. The van der Waals surface area contributed by atoms with Crippen LogP contribution in [0.5, 0.6) is 11.5 Å². The molecular weight excluding hydrogens is 297 g/mol. The van der Waals surface area contributed by atoms with Crippen LogP contribution in [0.25, 0.3) is 0 Å².